The van der Waals surface area contributed by atoms with Crippen molar-refractivity contribution in [1.29, 1.82) is 0 Å². The van der Waals surface area contributed by atoms with Gasteiger partial charge in [0.2, 0.25) is 0 Å². The van der Waals surface area contributed by atoms with Gasteiger partial charge in [0.25, 0.3) is 5.91 Å². The molecule has 0 saturated heterocycles. The molecule has 0 aromatic heterocycles. The summed E-state index contributed by atoms with van der Waals surface area (Å²) in [6.45, 7) is 1.77. The number of hydrazone groups is 1. The van der Waals surface area contributed by atoms with Crippen LogP contribution in [-0.4, -0.2) is 30.9 Å². The van der Waals surface area contributed by atoms with E-state index in [9.17, 15) is 9.90 Å². The normalized spacial score (nSPS) is 11.0. The van der Waals surface area contributed by atoms with Gasteiger partial charge in [0.1, 0.15) is 17.2 Å². The topological polar surface area (TPSA) is 80.2 Å². The molecule has 0 aliphatic heterocycles. The molecule has 0 atom stereocenters. The number of methoxy groups -OCH3 is 2. The van der Waals surface area contributed by atoms with Crippen molar-refractivity contribution >= 4 is 11.6 Å². The summed E-state index contributed by atoms with van der Waals surface area (Å²) in [5.41, 5.74) is 4.22. The summed E-state index contributed by atoms with van der Waals surface area (Å²) in [6, 6.07) is 11.3. The van der Waals surface area contributed by atoms with Crippen molar-refractivity contribution in [1.82, 2.24) is 5.43 Å². The van der Waals surface area contributed by atoms with E-state index in [-0.39, 0.29) is 11.7 Å². The third-order valence-corrected chi connectivity index (χ3v) is 3.25. The van der Waals surface area contributed by atoms with Crippen LogP contribution in [0.5, 0.6) is 17.2 Å². The molecule has 0 spiro atoms. The predicted octanol–water partition coefficient (Wildman–Crippen LogP) is 2.56. The smallest absolute Gasteiger partial charge is 0.271 e. The molecule has 0 heterocycles. The van der Waals surface area contributed by atoms with Crippen LogP contribution in [0.25, 0.3) is 0 Å². The Labute approximate surface area is 134 Å². The molecule has 0 saturated carbocycles. The van der Waals surface area contributed by atoms with Gasteiger partial charge in [-0.05, 0) is 43.3 Å². The average Bonchev–Trinajstić information content (AvgIpc) is 2.59. The molecule has 0 aliphatic rings. The molecule has 0 radical (unpaired) electrons. The molecule has 2 rings (SSSR count). The molecule has 2 N–H and O–H groups in total. The lowest BCUT2D eigenvalue weighted by molar-refractivity contribution is 0.0955. The fourth-order valence-corrected chi connectivity index (χ4v) is 1.97. The lowest BCUT2D eigenvalue weighted by Crippen LogP contribution is -2.19. The summed E-state index contributed by atoms with van der Waals surface area (Å²) >= 11 is 0. The van der Waals surface area contributed by atoms with Gasteiger partial charge in [-0.15, -0.1) is 0 Å². The first kappa shape index (κ1) is 16.4. The van der Waals surface area contributed by atoms with Crippen molar-refractivity contribution < 1.29 is 19.4 Å². The number of phenols is 1. The fourth-order valence-electron chi connectivity index (χ4n) is 1.97. The molecule has 2 aromatic carbocycles. The molecule has 0 bridgehead atoms. The number of nitrogens with zero attached hydrogens (tertiary/aromatic N) is 1. The van der Waals surface area contributed by atoms with Crippen molar-refractivity contribution in [3.63, 3.8) is 0 Å². The summed E-state index contributed by atoms with van der Waals surface area (Å²) in [5, 5.41) is 13.3. The van der Waals surface area contributed by atoms with Crippen LogP contribution in [0, 0.1) is 0 Å². The number of amides is 1. The van der Waals surface area contributed by atoms with Gasteiger partial charge in [-0.2, -0.15) is 5.10 Å². The van der Waals surface area contributed by atoms with Crippen LogP contribution in [0.2, 0.25) is 0 Å². The largest absolute Gasteiger partial charge is 0.508 e. The standard InChI is InChI=1S/C17H18N2O4/c1-11(15-9-8-14(22-2)10-16(15)23-3)18-19-17(21)12-4-6-13(20)7-5-12/h4-10,20H,1-3H3,(H,19,21)/b18-11+. The van der Waals surface area contributed by atoms with Gasteiger partial charge in [0, 0.05) is 17.2 Å². The molecular formula is C17H18N2O4. The summed E-state index contributed by atoms with van der Waals surface area (Å²) < 4.78 is 10.5. The first-order valence-electron chi connectivity index (χ1n) is 6.91. The molecule has 0 fully saturated rings. The summed E-state index contributed by atoms with van der Waals surface area (Å²) in [6.07, 6.45) is 0. The Hall–Kier alpha value is -3.02. The predicted molar refractivity (Wildman–Crippen MR) is 87.3 cm³/mol. The summed E-state index contributed by atoms with van der Waals surface area (Å²) in [4.78, 5) is 12.0. The number of aromatic hydroxyl groups is 1. The van der Waals surface area contributed by atoms with Crippen LogP contribution < -0.4 is 14.9 Å². The molecule has 0 aliphatic carbocycles. The van der Waals surface area contributed by atoms with Gasteiger partial charge in [-0.1, -0.05) is 0 Å². The van der Waals surface area contributed by atoms with Crippen LogP contribution in [-0.2, 0) is 0 Å². The molecular weight excluding hydrogens is 296 g/mol. The van der Waals surface area contributed by atoms with Crippen LogP contribution in [0.1, 0.15) is 22.8 Å². The van der Waals surface area contributed by atoms with Crippen molar-refractivity contribution in [2.75, 3.05) is 14.2 Å². The Kier molecular flexibility index (Phi) is 5.19. The van der Waals surface area contributed by atoms with Crippen molar-refractivity contribution in [3.8, 4) is 17.2 Å². The Morgan fingerprint density at radius 3 is 2.39 bits per heavy atom. The van der Waals surface area contributed by atoms with Gasteiger partial charge in [0.15, 0.2) is 0 Å². The second-order valence-electron chi connectivity index (χ2n) is 4.75. The van der Waals surface area contributed by atoms with Crippen LogP contribution >= 0.6 is 0 Å². The minimum absolute atomic E-state index is 0.101. The van der Waals surface area contributed by atoms with Crippen LogP contribution in [0.3, 0.4) is 0 Å². The number of hydrogen-bond donors (Lipinski definition) is 2. The second-order valence-corrected chi connectivity index (χ2v) is 4.75. The number of ether oxygens (including phenoxy) is 2. The van der Waals surface area contributed by atoms with E-state index in [0.29, 0.717) is 22.8 Å². The summed E-state index contributed by atoms with van der Waals surface area (Å²) in [7, 11) is 3.13. The summed E-state index contributed by atoms with van der Waals surface area (Å²) in [5.74, 6) is 1.01. The van der Waals surface area contributed by atoms with Gasteiger partial charge in [-0.25, -0.2) is 5.43 Å². The minimum atomic E-state index is -0.364. The lowest BCUT2D eigenvalue weighted by Gasteiger charge is -2.10. The van der Waals surface area contributed by atoms with E-state index in [2.05, 4.69) is 10.5 Å². The lowest BCUT2D eigenvalue weighted by atomic mass is 10.1. The van der Waals surface area contributed by atoms with E-state index in [0.717, 1.165) is 5.56 Å². The minimum Gasteiger partial charge on any atom is -0.508 e. The Morgan fingerprint density at radius 1 is 1.09 bits per heavy atom. The SMILES string of the molecule is COc1ccc(/C(C)=N/NC(=O)c2ccc(O)cc2)c(OC)c1. The van der Waals surface area contributed by atoms with Gasteiger partial charge >= 0.3 is 0 Å². The highest BCUT2D eigenvalue weighted by atomic mass is 16.5. The van der Waals surface area contributed by atoms with Crippen molar-refractivity contribution in [3.05, 3.63) is 53.6 Å². The Morgan fingerprint density at radius 2 is 1.78 bits per heavy atom. The zero-order valence-corrected chi connectivity index (χ0v) is 13.2. The van der Waals surface area contributed by atoms with E-state index in [1.165, 1.54) is 24.3 Å². The van der Waals surface area contributed by atoms with E-state index in [1.54, 1.807) is 33.3 Å². The van der Waals surface area contributed by atoms with E-state index >= 15 is 0 Å². The van der Waals surface area contributed by atoms with E-state index < -0.39 is 0 Å². The maximum atomic E-state index is 12.0. The monoisotopic (exact) mass is 314 g/mol. The molecule has 6 heteroatoms. The zero-order valence-electron chi connectivity index (χ0n) is 13.2. The molecule has 23 heavy (non-hydrogen) atoms. The van der Waals surface area contributed by atoms with Crippen molar-refractivity contribution in [2.45, 2.75) is 6.92 Å². The third kappa shape index (κ3) is 4.00. The van der Waals surface area contributed by atoms with Crippen molar-refractivity contribution in [2.24, 2.45) is 5.10 Å². The molecule has 2 aromatic rings. The number of rotatable bonds is 5. The van der Waals surface area contributed by atoms with Crippen LogP contribution in [0.15, 0.2) is 47.6 Å². The third-order valence-electron chi connectivity index (χ3n) is 3.25. The highest BCUT2D eigenvalue weighted by Gasteiger charge is 2.09. The average molecular weight is 314 g/mol. The van der Waals surface area contributed by atoms with Crippen LogP contribution in [0.4, 0.5) is 0 Å². The van der Waals surface area contributed by atoms with E-state index in [1.807, 2.05) is 6.07 Å². The maximum absolute atomic E-state index is 12.0. The highest BCUT2D eigenvalue weighted by Crippen LogP contribution is 2.25. The van der Waals surface area contributed by atoms with Gasteiger partial charge in [0.05, 0.1) is 19.9 Å². The Balaban J connectivity index is 2.16. The van der Waals surface area contributed by atoms with E-state index in [4.69, 9.17) is 9.47 Å². The van der Waals surface area contributed by atoms with Gasteiger partial charge in [-0.3, -0.25) is 4.79 Å². The number of benzene rings is 2. The van der Waals surface area contributed by atoms with Gasteiger partial charge < -0.3 is 14.6 Å². The first-order valence-corrected chi connectivity index (χ1v) is 6.91. The number of carbonyl (C=O) groups excluding carboxylic acids is 1. The fraction of sp³-hybridized carbons (Fsp3) is 0.176. The first-order chi connectivity index (χ1) is 11.0. The second kappa shape index (κ2) is 7.31. The quantitative estimate of drug-likeness (QED) is 0.656. The molecule has 1 amide bonds. The zero-order chi connectivity index (χ0) is 16.8. The number of phenolic OH excluding ortho intramolecular Hbond substituents is 1. The number of nitrogens with one attached hydrogen (secondary N) is 1. The highest BCUT2D eigenvalue weighted by molar-refractivity contribution is 6.02. The number of carbonyl (C=O) groups is 1. The molecule has 0 unspecified atom stereocenters. The Bertz CT molecular complexity index is 724. The number of hydrogen-bond acceptors (Lipinski definition) is 5. The molecule has 120 valence electrons. The maximum Gasteiger partial charge on any atom is 0.271 e. The molecule has 6 nitrogen and oxygen atoms in total.